The molecule has 3 aromatic rings. The Morgan fingerprint density at radius 3 is 2.54 bits per heavy atom. The maximum absolute atomic E-state index is 12.0. The van der Waals surface area contributed by atoms with E-state index in [0.717, 1.165) is 16.3 Å². The van der Waals surface area contributed by atoms with Gasteiger partial charge in [0.05, 0.1) is 5.56 Å². The van der Waals surface area contributed by atoms with Crippen LogP contribution in [0.4, 0.5) is 5.69 Å². The fourth-order valence-electron chi connectivity index (χ4n) is 2.25. The van der Waals surface area contributed by atoms with Gasteiger partial charge in [-0.05, 0) is 47.4 Å². The lowest BCUT2D eigenvalue weighted by atomic mass is 10.1. The van der Waals surface area contributed by atoms with Crippen LogP contribution in [0.5, 0.6) is 0 Å². The Hall–Kier alpha value is -3.47. The van der Waals surface area contributed by atoms with Gasteiger partial charge in [-0.1, -0.05) is 18.2 Å². The molecule has 0 spiro atoms. The summed E-state index contributed by atoms with van der Waals surface area (Å²) >= 11 is 0. The zero-order chi connectivity index (χ0) is 16.9. The van der Waals surface area contributed by atoms with Crippen LogP contribution in [-0.4, -0.2) is 22.0 Å². The molecule has 1 heterocycles. The third kappa shape index (κ3) is 3.64. The summed E-state index contributed by atoms with van der Waals surface area (Å²) in [6, 6.07) is 13.8. The number of carboxylic acid groups (broad SMARTS) is 1. The van der Waals surface area contributed by atoms with Crippen LogP contribution < -0.4 is 5.32 Å². The molecule has 2 aromatic carbocycles. The minimum atomic E-state index is -0.977. The van der Waals surface area contributed by atoms with Crippen LogP contribution in [0.1, 0.15) is 15.9 Å². The molecule has 0 aliphatic rings. The standard InChI is InChI=1S/C19H14N2O3/c22-18(8-3-13-1-4-14(5-2-13)19(23)24)21-17-7-6-16-12-20-10-9-15(16)11-17/h1-12H,(H,21,22)(H,23,24)/b8-3+. The lowest BCUT2D eigenvalue weighted by Gasteiger charge is -2.04. The van der Waals surface area contributed by atoms with Crippen molar-refractivity contribution in [2.45, 2.75) is 0 Å². The SMILES string of the molecule is O=C(/C=C/c1ccc(C(=O)O)cc1)Nc1ccc2cnccc2c1. The summed E-state index contributed by atoms with van der Waals surface area (Å²) in [5.74, 6) is -1.24. The Kier molecular flexibility index (Phi) is 4.34. The molecule has 5 heteroatoms. The topological polar surface area (TPSA) is 79.3 Å². The molecule has 0 unspecified atom stereocenters. The highest BCUT2D eigenvalue weighted by atomic mass is 16.4. The van der Waals surface area contributed by atoms with E-state index in [1.54, 1.807) is 30.6 Å². The molecule has 0 atom stereocenters. The monoisotopic (exact) mass is 318 g/mol. The van der Waals surface area contributed by atoms with Gasteiger partial charge >= 0.3 is 5.97 Å². The molecule has 2 N–H and O–H groups in total. The molecule has 1 amide bonds. The molecule has 5 nitrogen and oxygen atoms in total. The molecule has 0 fully saturated rings. The first-order chi connectivity index (χ1) is 11.6. The highest BCUT2D eigenvalue weighted by molar-refractivity contribution is 6.03. The molecular weight excluding hydrogens is 304 g/mol. The third-order valence-electron chi connectivity index (χ3n) is 3.49. The molecule has 0 saturated carbocycles. The number of carboxylic acids is 1. The quantitative estimate of drug-likeness (QED) is 0.721. The number of carbonyl (C=O) groups excluding carboxylic acids is 1. The summed E-state index contributed by atoms with van der Waals surface area (Å²) in [6.45, 7) is 0. The number of amides is 1. The van der Waals surface area contributed by atoms with Gasteiger partial charge in [-0.15, -0.1) is 0 Å². The summed E-state index contributed by atoms with van der Waals surface area (Å²) in [6.07, 6.45) is 6.51. The van der Waals surface area contributed by atoms with Crippen molar-refractivity contribution >= 4 is 34.4 Å². The number of fused-ring (bicyclic) bond motifs is 1. The Morgan fingerprint density at radius 1 is 1.00 bits per heavy atom. The number of carbonyl (C=O) groups is 2. The van der Waals surface area contributed by atoms with Gasteiger partial charge < -0.3 is 10.4 Å². The van der Waals surface area contributed by atoms with E-state index in [1.807, 2.05) is 24.3 Å². The summed E-state index contributed by atoms with van der Waals surface area (Å²) in [5.41, 5.74) is 1.66. The highest BCUT2D eigenvalue weighted by Crippen LogP contribution is 2.18. The van der Waals surface area contributed by atoms with Crippen LogP contribution >= 0.6 is 0 Å². The van der Waals surface area contributed by atoms with Gasteiger partial charge in [0.1, 0.15) is 0 Å². The van der Waals surface area contributed by atoms with Crippen molar-refractivity contribution in [3.05, 3.63) is 78.1 Å². The molecular formula is C19H14N2O3. The number of pyridine rings is 1. The first-order valence-electron chi connectivity index (χ1n) is 7.28. The van der Waals surface area contributed by atoms with Crippen molar-refractivity contribution in [2.24, 2.45) is 0 Å². The largest absolute Gasteiger partial charge is 0.478 e. The first-order valence-corrected chi connectivity index (χ1v) is 7.28. The molecule has 24 heavy (non-hydrogen) atoms. The minimum absolute atomic E-state index is 0.210. The van der Waals surface area contributed by atoms with E-state index in [0.29, 0.717) is 5.69 Å². The zero-order valence-electron chi connectivity index (χ0n) is 12.6. The first kappa shape index (κ1) is 15.4. The van der Waals surface area contributed by atoms with E-state index in [9.17, 15) is 9.59 Å². The van der Waals surface area contributed by atoms with Gasteiger partial charge in [-0.25, -0.2) is 4.79 Å². The number of aromatic carboxylic acids is 1. The van der Waals surface area contributed by atoms with Gasteiger partial charge in [0.15, 0.2) is 0 Å². The summed E-state index contributed by atoms with van der Waals surface area (Å²) < 4.78 is 0. The van der Waals surface area contributed by atoms with Crippen LogP contribution in [0.25, 0.3) is 16.8 Å². The number of benzene rings is 2. The van der Waals surface area contributed by atoms with Gasteiger partial charge in [0.2, 0.25) is 5.91 Å². The number of hydrogen-bond donors (Lipinski definition) is 2. The number of nitrogens with one attached hydrogen (secondary N) is 1. The van der Waals surface area contributed by atoms with Crippen molar-refractivity contribution in [3.8, 4) is 0 Å². The molecule has 1 aromatic heterocycles. The Morgan fingerprint density at radius 2 is 1.79 bits per heavy atom. The van der Waals surface area contributed by atoms with Crippen LogP contribution in [0, 0.1) is 0 Å². The van der Waals surface area contributed by atoms with Crippen LogP contribution in [0.3, 0.4) is 0 Å². The lowest BCUT2D eigenvalue weighted by Crippen LogP contribution is -2.07. The molecule has 0 saturated heterocycles. The van der Waals surface area contributed by atoms with Crippen molar-refractivity contribution in [1.29, 1.82) is 0 Å². The molecule has 0 aliphatic carbocycles. The number of anilines is 1. The van der Waals surface area contributed by atoms with Crippen molar-refractivity contribution in [1.82, 2.24) is 4.98 Å². The predicted octanol–water partition coefficient (Wildman–Crippen LogP) is 3.58. The van der Waals surface area contributed by atoms with Gasteiger partial charge in [-0.2, -0.15) is 0 Å². The van der Waals surface area contributed by atoms with Crippen molar-refractivity contribution < 1.29 is 14.7 Å². The van der Waals surface area contributed by atoms with E-state index >= 15 is 0 Å². The van der Waals surface area contributed by atoms with E-state index in [2.05, 4.69) is 10.3 Å². The van der Waals surface area contributed by atoms with E-state index in [4.69, 9.17) is 5.11 Å². The average Bonchev–Trinajstić information content (AvgIpc) is 2.60. The normalized spacial score (nSPS) is 10.8. The van der Waals surface area contributed by atoms with Gasteiger partial charge in [-0.3, -0.25) is 9.78 Å². The Bertz CT molecular complexity index is 931. The lowest BCUT2D eigenvalue weighted by molar-refractivity contribution is -0.111. The van der Waals surface area contributed by atoms with Crippen molar-refractivity contribution in [3.63, 3.8) is 0 Å². The molecule has 0 radical (unpaired) electrons. The second-order valence-electron chi connectivity index (χ2n) is 5.19. The van der Waals surface area contributed by atoms with Crippen molar-refractivity contribution in [2.75, 3.05) is 5.32 Å². The fraction of sp³-hybridized carbons (Fsp3) is 0. The summed E-state index contributed by atoms with van der Waals surface area (Å²) in [4.78, 5) is 26.8. The molecule has 118 valence electrons. The van der Waals surface area contributed by atoms with Crippen LogP contribution in [0.15, 0.2) is 67.0 Å². The molecule has 3 rings (SSSR count). The van der Waals surface area contributed by atoms with Gasteiger partial charge in [0.25, 0.3) is 0 Å². The second-order valence-corrected chi connectivity index (χ2v) is 5.19. The molecule has 0 bridgehead atoms. The smallest absolute Gasteiger partial charge is 0.335 e. The summed E-state index contributed by atoms with van der Waals surface area (Å²) in [7, 11) is 0. The summed E-state index contributed by atoms with van der Waals surface area (Å²) in [5, 5.41) is 13.6. The molecule has 0 aliphatic heterocycles. The van der Waals surface area contributed by atoms with Crippen LogP contribution in [-0.2, 0) is 4.79 Å². The van der Waals surface area contributed by atoms with E-state index < -0.39 is 5.97 Å². The van der Waals surface area contributed by atoms with E-state index in [-0.39, 0.29) is 11.5 Å². The highest BCUT2D eigenvalue weighted by Gasteiger charge is 2.02. The Labute approximate surface area is 138 Å². The number of nitrogens with zero attached hydrogens (tertiary/aromatic N) is 1. The van der Waals surface area contributed by atoms with Crippen LogP contribution in [0.2, 0.25) is 0 Å². The minimum Gasteiger partial charge on any atom is -0.478 e. The predicted molar refractivity (Wildman–Crippen MR) is 92.8 cm³/mol. The number of aromatic nitrogens is 1. The number of rotatable bonds is 4. The zero-order valence-corrected chi connectivity index (χ0v) is 12.6. The third-order valence-corrected chi connectivity index (χ3v) is 3.49. The maximum atomic E-state index is 12.0. The number of hydrogen-bond acceptors (Lipinski definition) is 3. The Balaban J connectivity index is 1.68. The van der Waals surface area contributed by atoms with Gasteiger partial charge in [0, 0.05) is 29.5 Å². The fourth-order valence-corrected chi connectivity index (χ4v) is 2.25. The van der Waals surface area contributed by atoms with E-state index in [1.165, 1.54) is 18.2 Å². The second kappa shape index (κ2) is 6.75. The maximum Gasteiger partial charge on any atom is 0.335 e. The average molecular weight is 318 g/mol.